The first kappa shape index (κ1) is 8.05. The zero-order chi connectivity index (χ0) is 8.77. The van der Waals surface area contributed by atoms with Crippen LogP contribution < -0.4 is 5.73 Å². The summed E-state index contributed by atoms with van der Waals surface area (Å²) in [6.45, 7) is 2.45. The maximum Gasteiger partial charge on any atom is 0.217 e. The van der Waals surface area contributed by atoms with Gasteiger partial charge < -0.3 is 10.6 Å². The molecule has 3 heteroatoms. The summed E-state index contributed by atoms with van der Waals surface area (Å²) in [5, 5.41) is 0. The summed E-state index contributed by atoms with van der Waals surface area (Å²) < 4.78 is 0. The largest absolute Gasteiger partial charge is 0.370 e. The first-order valence-electron chi connectivity index (χ1n) is 4.56. The monoisotopic (exact) mass is 168 g/mol. The van der Waals surface area contributed by atoms with Crippen molar-refractivity contribution in [1.29, 1.82) is 0 Å². The lowest BCUT2D eigenvalue weighted by Crippen LogP contribution is -2.60. The van der Waals surface area contributed by atoms with Crippen LogP contribution in [0.25, 0.3) is 0 Å². The highest BCUT2D eigenvalue weighted by atomic mass is 16.1. The van der Waals surface area contributed by atoms with Crippen LogP contribution >= 0.6 is 0 Å². The van der Waals surface area contributed by atoms with Crippen LogP contribution in [0.1, 0.15) is 19.3 Å². The lowest BCUT2D eigenvalue weighted by Gasteiger charge is -2.58. The van der Waals surface area contributed by atoms with Crippen molar-refractivity contribution >= 4 is 5.91 Å². The van der Waals surface area contributed by atoms with E-state index in [0.717, 1.165) is 0 Å². The molecule has 0 aromatic heterocycles. The Bertz CT molecular complexity index is 201. The molecule has 1 aliphatic heterocycles. The van der Waals surface area contributed by atoms with Crippen LogP contribution in [-0.2, 0) is 4.79 Å². The van der Waals surface area contributed by atoms with Gasteiger partial charge in [-0.3, -0.25) is 4.79 Å². The van der Waals surface area contributed by atoms with E-state index in [9.17, 15) is 4.79 Å². The standard InChI is InChI=1S/C9H16N2O/c1-11-5-9(6-11)3-7(4-9)2-8(10)12/h7H,2-6H2,1H3,(H2,10,12). The smallest absolute Gasteiger partial charge is 0.217 e. The van der Waals surface area contributed by atoms with E-state index in [4.69, 9.17) is 5.73 Å². The molecule has 0 radical (unpaired) electrons. The van der Waals surface area contributed by atoms with E-state index < -0.39 is 0 Å². The Balaban J connectivity index is 1.74. The Morgan fingerprint density at radius 3 is 2.58 bits per heavy atom. The summed E-state index contributed by atoms with van der Waals surface area (Å²) in [6.07, 6.45) is 3.05. The number of rotatable bonds is 2. The predicted octanol–water partition coefficient (Wildman–Crippen LogP) is 0.204. The lowest BCUT2D eigenvalue weighted by molar-refractivity contribution is -0.125. The molecule has 68 valence electrons. The van der Waals surface area contributed by atoms with E-state index >= 15 is 0 Å². The molecule has 2 fully saturated rings. The zero-order valence-corrected chi connectivity index (χ0v) is 7.55. The number of hydrogen-bond acceptors (Lipinski definition) is 2. The fourth-order valence-electron chi connectivity index (χ4n) is 2.95. The maximum absolute atomic E-state index is 10.6. The van der Waals surface area contributed by atoms with Crippen molar-refractivity contribution in [2.45, 2.75) is 19.3 Å². The number of hydrogen-bond donors (Lipinski definition) is 1. The van der Waals surface area contributed by atoms with Crippen LogP contribution in [0.4, 0.5) is 0 Å². The van der Waals surface area contributed by atoms with Gasteiger partial charge in [-0.25, -0.2) is 0 Å². The summed E-state index contributed by atoms with van der Waals surface area (Å²) >= 11 is 0. The van der Waals surface area contributed by atoms with Gasteiger partial charge in [0, 0.05) is 19.5 Å². The Morgan fingerprint density at radius 2 is 2.17 bits per heavy atom. The van der Waals surface area contributed by atoms with Gasteiger partial charge in [0.15, 0.2) is 0 Å². The summed E-state index contributed by atoms with van der Waals surface area (Å²) in [5.74, 6) is 0.457. The van der Waals surface area contributed by atoms with E-state index in [2.05, 4.69) is 11.9 Å². The predicted molar refractivity (Wildman–Crippen MR) is 46.5 cm³/mol. The summed E-state index contributed by atoms with van der Waals surface area (Å²) in [5.41, 5.74) is 5.72. The second kappa shape index (κ2) is 2.46. The summed E-state index contributed by atoms with van der Waals surface area (Å²) in [4.78, 5) is 12.9. The van der Waals surface area contributed by atoms with Crippen molar-refractivity contribution in [2.75, 3.05) is 20.1 Å². The second-order valence-electron chi connectivity index (χ2n) is 4.62. The van der Waals surface area contributed by atoms with Crippen molar-refractivity contribution in [3.05, 3.63) is 0 Å². The SMILES string of the molecule is CN1CC2(CC(CC(N)=O)C2)C1. The molecule has 0 bridgehead atoms. The molecule has 0 aromatic carbocycles. The third kappa shape index (κ3) is 1.22. The lowest BCUT2D eigenvalue weighted by atomic mass is 9.57. The average Bonchev–Trinajstić information content (AvgIpc) is 1.78. The van der Waals surface area contributed by atoms with Crippen molar-refractivity contribution in [2.24, 2.45) is 17.1 Å². The average molecular weight is 168 g/mol. The molecule has 2 rings (SSSR count). The Kier molecular flexibility index (Phi) is 1.65. The Hall–Kier alpha value is -0.570. The van der Waals surface area contributed by atoms with Crippen molar-refractivity contribution in [1.82, 2.24) is 4.90 Å². The number of carbonyl (C=O) groups is 1. The molecule has 1 spiro atoms. The van der Waals surface area contributed by atoms with Crippen molar-refractivity contribution in [3.63, 3.8) is 0 Å². The highest BCUT2D eigenvalue weighted by molar-refractivity contribution is 5.74. The molecule has 0 aromatic rings. The van der Waals surface area contributed by atoms with Crippen LogP contribution in [0.3, 0.4) is 0 Å². The van der Waals surface area contributed by atoms with Crippen LogP contribution in [0, 0.1) is 11.3 Å². The molecule has 1 heterocycles. The highest BCUT2D eigenvalue weighted by Gasteiger charge is 2.50. The van der Waals surface area contributed by atoms with Gasteiger partial charge in [-0.05, 0) is 31.2 Å². The number of amides is 1. The Labute approximate surface area is 72.9 Å². The number of primary amides is 1. The van der Waals surface area contributed by atoms with E-state index in [1.165, 1.54) is 25.9 Å². The third-order valence-corrected chi connectivity index (χ3v) is 3.14. The molecule has 0 unspecified atom stereocenters. The number of nitrogens with zero attached hydrogens (tertiary/aromatic N) is 1. The molecule has 3 nitrogen and oxygen atoms in total. The van der Waals surface area contributed by atoms with E-state index in [-0.39, 0.29) is 5.91 Å². The molecule has 1 aliphatic carbocycles. The van der Waals surface area contributed by atoms with Gasteiger partial charge >= 0.3 is 0 Å². The van der Waals surface area contributed by atoms with E-state index in [1.54, 1.807) is 0 Å². The van der Waals surface area contributed by atoms with Gasteiger partial charge in [-0.2, -0.15) is 0 Å². The minimum Gasteiger partial charge on any atom is -0.370 e. The second-order valence-corrected chi connectivity index (χ2v) is 4.62. The van der Waals surface area contributed by atoms with Gasteiger partial charge in [-0.1, -0.05) is 0 Å². The topological polar surface area (TPSA) is 46.3 Å². The molecule has 1 saturated carbocycles. The maximum atomic E-state index is 10.6. The third-order valence-electron chi connectivity index (χ3n) is 3.14. The van der Waals surface area contributed by atoms with E-state index in [1.807, 2.05) is 0 Å². The minimum absolute atomic E-state index is 0.137. The molecule has 0 atom stereocenters. The highest BCUT2D eigenvalue weighted by Crippen LogP contribution is 2.52. The van der Waals surface area contributed by atoms with Gasteiger partial charge in [0.2, 0.25) is 5.91 Å². The summed E-state index contributed by atoms with van der Waals surface area (Å²) in [7, 11) is 2.15. The minimum atomic E-state index is -0.137. The Morgan fingerprint density at radius 1 is 1.58 bits per heavy atom. The summed E-state index contributed by atoms with van der Waals surface area (Å²) in [6, 6.07) is 0. The van der Waals surface area contributed by atoms with Gasteiger partial charge in [-0.15, -0.1) is 0 Å². The van der Waals surface area contributed by atoms with E-state index in [0.29, 0.717) is 17.8 Å². The fraction of sp³-hybridized carbons (Fsp3) is 0.889. The molecular weight excluding hydrogens is 152 g/mol. The first-order valence-corrected chi connectivity index (χ1v) is 4.56. The molecule has 2 N–H and O–H groups in total. The van der Waals surface area contributed by atoms with Crippen LogP contribution in [0.15, 0.2) is 0 Å². The molecule has 1 amide bonds. The van der Waals surface area contributed by atoms with Crippen molar-refractivity contribution in [3.8, 4) is 0 Å². The first-order chi connectivity index (χ1) is 5.60. The van der Waals surface area contributed by atoms with Crippen LogP contribution in [0.2, 0.25) is 0 Å². The molecule has 2 aliphatic rings. The number of nitrogens with two attached hydrogens (primary N) is 1. The van der Waals surface area contributed by atoms with Crippen molar-refractivity contribution < 1.29 is 4.79 Å². The van der Waals surface area contributed by atoms with Gasteiger partial charge in [0.05, 0.1) is 0 Å². The normalized spacial score (nSPS) is 28.1. The number of likely N-dealkylation sites (tertiary alicyclic amines) is 1. The zero-order valence-electron chi connectivity index (χ0n) is 7.55. The number of carbonyl (C=O) groups excluding carboxylic acids is 1. The quantitative estimate of drug-likeness (QED) is 0.640. The fourth-order valence-corrected chi connectivity index (χ4v) is 2.95. The van der Waals surface area contributed by atoms with Crippen LogP contribution in [-0.4, -0.2) is 30.9 Å². The molecular formula is C9H16N2O. The molecule has 12 heavy (non-hydrogen) atoms. The molecule has 1 saturated heterocycles. The van der Waals surface area contributed by atoms with Gasteiger partial charge in [0.1, 0.15) is 0 Å². The van der Waals surface area contributed by atoms with Crippen LogP contribution in [0.5, 0.6) is 0 Å². The van der Waals surface area contributed by atoms with Gasteiger partial charge in [0.25, 0.3) is 0 Å².